The number of para-hydroxylation sites is 1. The molecule has 0 saturated carbocycles. The van der Waals surface area contributed by atoms with Crippen molar-refractivity contribution in [3.63, 3.8) is 0 Å². The van der Waals surface area contributed by atoms with Crippen LogP contribution in [-0.4, -0.2) is 11.8 Å². The molecule has 0 spiro atoms. The van der Waals surface area contributed by atoms with Gasteiger partial charge in [-0.25, -0.2) is 0 Å². The lowest BCUT2D eigenvalue weighted by atomic mass is 9.89. The van der Waals surface area contributed by atoms with Gasteiger partial charge in [0.15, 0.2) is 0 Å². The molecule has 114 valence electrons. The summed E-state index contributed by atoms with van der Waals surface area (Å²) in [5, 5.41) is 5.72. The van der Waals surface area contributed by atoms with E-state index in [1.807, 2.05) is 50.2 Å². The average Bonchev–Trinajstić information content (AvgIpc) is 2.93. The Kier molecular flexibility index (Phi) is 3.71. The van der Waals surface area contributed by atoms with E-state index in [9.17, 15) is 9.59 Å². The van der Waals surface area contributed by atoms with Gasteiger partial charge in [-0.05, 0) is 37.6 Å². The zero-order valence-electron chi connectivity index (χ0n) is 12.6. The molecule has 2 atom stereocenters. The lowest BCUT2D eigenvalue weighted by molar-refractivity contribution is -0.126. The number of carbonyl (C=O) groups is 2. The zero-order valence-corrected chi connectivity index (χ0v) is 12.6. The predicted molar refractivity (Wildman–Crippen MR) is 82.4 cm³/mol. The second kappa shape index (κ2) is 5.67. The molecule has 0 aliphatic carbocycles. The van der Waals surface area contributed by atoms with E-state index < -0.39 is 5.92 Å². The lowest BCUT2D eigenvalue weighted by Gasteiger charge is -2.25. The summed E-state index contributed by atoms with van der Waals surface area (Å²) in [5.41, 5.74) is 1.56. The normalized spacial score (nSPS) is 18.3. The van der Waals surface area contributed by atoms with E-state index in [1.54, 1.807) is 0 Å². The van der Waals surface area contributed by atoms with Gasteiger partial charge in [0.2, 0.25) is 11.8 Å². The van der Waals surface area contributed by atoms with Crippen LogP contribution >= 0.6 is 0 Å². The van der Waals surface area contributed by atoms with Gasteiger partial charge in [0.05, 0.1) is 12.0 Å². The monoisotopic (exact) mass is 298 g/mol. The smallest absolute Gasteiger partial charge is 0.228 e. The fourth-order valence-electron chi connectivity index (χ4n) is 2.72. The van der Waals surface area contributed by atoms with Crippen LogP contribution in [0.2, 0.25) is 0 Å². The minimum Gasteiger partial charge on any atom is -0.464 e. The van der Waals surface area contributed by atoms with Gasteiger partial charge in [0.25, 0.3) is 0 Å². The summed E-state index contributed by atoms with van der Waals surface area (Å²) in [4.78, 5) is 24.4. The first-order valence-electron chi connectivity index (χ1n) is 7.30. The van der Waals surface area contributed by atoms with E-state index in [0.717, 1.165) is 11.3 Å². The van der Waals surface area contributed by atoms with Crippen molar-refractivity contribution in [2.45, 2.75) is 32.2 Å². The molecule has 2 amide bonds. The quantitative estimate of drug-likeness (QED) is 0.915. The van der Waals surface area contributed by atoms with Crippen LogP contribution in [0, 0.1) is 6.92 Å². The van der Waals surface area contributed by atoms with Crippen molar-refractivity contribution in [2.24, 2.45) is 0 Å². The Hall–Kier alpha value is -2.56. The number of anilines is 1. The van der Waals surface area contributed by atoms with Gasteiger partial charge in [0, 0.05) is 12.1 Å². The van der Waals surface area contributed by atoms with Gasteiger partial charge in [-0.2, -0.15) is 0 Å². The fourth-order valence-corrected chi connectivity index (χ4v) is 2.72. The molecule has 1 aromatic heterocycles. The number of hydrogen-bond acceptors (Lipinski definition) is 3. The van der Waals surface area contributed by atoms with E-state index >= 15 is 0 Å². The van der Waals surface area contributed by atoms with E-state index in [4.69, 9.17) is 4.42 Å². The van der Waals surface area contributed by atoms with Crippen molar-refractivity contribution >= 4 is 17.5 Å². The van der Waals surface area contributed by atoms with Gasteiger partial charge in [-0.15, -0.1) is 0 Å². The predicted octanol–water partition coefficient (Wildman–Crippen LogP) is 2.89. The Morgan fingerprint density at radius 2 is 2.09 bits per heavy atom. The number of aryl methyl sites for hydroxylation is 1. The Balaban J connectivity index is 1.79. The molecule has 0 bridgehead atoms. The highest BCUT2D eigenvalue weighted by Crippen LogP contribution is 2.32. The van der Waals surface area contributed by atoms with Gasteiger partial charge in [-0.3, -0.25) is 9.59 Å². The highest BCUT2D eigenvalue weighted by atomic mass is 16.3. The first-order chi connectivity index (χ1) is 10.5. The van der Waals surface area contributed by atoms with Crippen molar-refractivity contribution in [1.82, 2.24) is 5.32 Å². The maximum atomic E-state index is 12.6. The van der Waals surface area contributed by atoms with Crippen molar-refractivity contribution < 1.29 is 14.0 Å². The van der Waals surface area contributed by atoms with Crippen LogP contribution < -0.4 is 10.6 Å². The van der Waals surface area contributed by atoms with Crippen molar-refractivity contribution in [2.75, 3.05) is 5.32 Å². The maximum absolute atomic E-state index is 12.6. The molecular formula is C17H18N2O3. The highest BCUT2D eigenvalue weighted by molar-refractivity contribution is 6.01. The molecule has 0 radical (unpaired) electrons. The number of amides is 2. The van der Waals surface area contributed by atoms with Crippen LogP contribution in [0.1, 0.15) is 42.4 Å². The number of furan rings is 1. The fraction of sp³-hybridized carbons (Fsp3) is 0.294. The molecule has 2 N–H and O–H groups in total. The van der Waals surface area contributed by atoms with Crippen LogP contribution in [0.25, 0.3) is 0 Å². The molecule has 2 heterocycles. The van der Waals surface area contributed by atoms with Crippen LogP contribution in [0.4, 0.5) is 5.69 Å². The summed E-state index contributed by atoms with van der Waals surface area (Å²) in [6.07, 6.45) is 0.159. The number of nitrogens with one attached hydrogen (secondary N) is 2. The third-order valence-corrected chi connectivity index (χ3v) is 3.86. The van der Waals surface area contributed by atoms with E-state index in [1.165, 1.54) is 0 Å². The summed E-state index contributed by atoms with van der Waals surface area (Å²) >= 11 is 0. The third kappa shape index (κ3) is 2.74. The van der Waals surface area contributed by atoms with Crippen molar-refractivity contribution in [1.29, 1.82) is 0 Å². The molecule has 3 rings (SSSR count). The zero-order chi connectivity index (χ0) is 15.7. The molecule has 2 aromatic rings. The molecule has 2 unspecified atom stereocenters. The molecule has 5 nitrogen and oxygen atoms in total. The molecule has 0 saturated heterocycles. The number of hydrogen-bond donors (Lipinski definition) is 2. The Bertz CT molecular complexity index is 720. The third-order valence-electron chi connectivity index (χ3n) is 3.86. The minimum absolute atomic E-state index is 0.139. The lowest BCUT2D eigenvalue weighted by Crippen LogP contribution is -2.36. The van der Waals surface area contributed by atoms with E-state index in [2.05, 4.69) is 10.6 Å². The molecule has 1 aliphatic rings. The highest BCUT2D eigenvalue weighted by Gasteiger charge is 2.31. The van der Waals surface area contributed by atoms with Crippen molar-refractivity contribution in [3.8, 4) is 0 Å². The summed E-state index contributed by atoms with van der Waals surface area (Å²) in [6.45, 7) is 3.73. The van der Waals surface area contributed by atoms with Gasteiger partial charge >= 0.3 is 0 Å². The molecule has 1 aromatic carbocycles. The van der Waals surface area contributed by atoms with Gasteiger partial charge in [0.1, 0.15) is 11.5 Å². The molecule has 22 heavy (non-hydrogen) atoms. The second-order valence-electron chi connectivity index (χ2n) is 5.57. The number of rotatable bonds is 3. The maximum Gasteiger partial charge on any atom is 0.228 e. The van der Waals surface area contributed by atoms with Gasteiger partial charge in [-0.1, -0.05) is 18.2 Å². The largest absolute Gasteiger partial charge is 0.464 e. The van der Waals surface area contributed by atoms with E-state index in [0.29, 0.717) is 11.4 Å². The number of benzene rings is 1. The number of fused-ring (bicyclic) bond motifs is 1. The molecular weight excluding hydrogens is 280 g/mol. The minimum atomic E-state index is -0.469. The summed E-state index contributed by atoms with van der Waals surface area (Å²) in [5.74, 6) is 0.741. The van der Waals surface area contributed by atoms with Crippen LogP contribution in [0.3, 0.4) is 0 Å². The molecule has 0 fully saturated rings. The van der Waals surface area contributed by atoms with E-state index in [-0.39, 0.29) is 24.3 Å². The average molecular weight is 298 g/mol. The molecule has 5 heteroatoms. The first-order valence-corrected chi connectivity index (χ1v) is 7.30. The Morgan fingerprint density at radius 3 is 2.82 bits per heavy atom. The Labute approximate surface area is 128 Å². The second-order valence-corrected chi connectivity index (χ2v) is 5.57. The first kappa shape index (κ1) is 14.4. The van der Waals surface area contributed by atoms with Crippen molar-refractivity contribution in [3.05, 3.63) is 53.5 Å². The standard InChI is InChI=1S/C17H18N2O3/c1-10-7-8-15(22-10)11(2)18-17(21)13-9-16(20)19-14-6-4-3-5-12(13)14/h3-8,11,13H,9H2,1-2H3,(H,18,21)(H,19,20). The summed E-state index contributed by atoms with van der Waals surface area (Å²) < 4.78 is 5.53. The van der Waals surface area contributed by atoms with Crippen LogP contribution in [-0.2, 0) is 9.59 Å². The molecule has 1 aliphatic heterocycles. The number of carbonyl (C=O) groups excluding carboxylic acids is 2. The Morgan fingerprint density at radius 1 is 1.32 bits per heavy atom. The topological polar surface area (TPSA) is 71.3 Å². The van der Waals surface area contributed by atoms with Gasteiger partial charge < -0.3 is 15.1 Å². The van der Waals surface area contributed by atoms with Crippen LogP contribution in [0.5, 0.6) is 0 Å². The van der Waals surface area contributed by atoms with Crippen LogP contribution in [0.15, 0.2) is 40.8 Å². The SMILES string of the molecule is Cc1ccc(C(C)NC(=O)C2CC(=O)Nc3ccccc32)o1. The summed E-state index contributed by atoms with van der Waals surface area (Å²) in [6, 6.07) is 10.9. The summed E-state index contributed by atoms with van der Waals surface area (Å²) in [7, 11) is 0.